The van der Waals surface area contributed by atoms with Crippen molar-refractivity contribution in [2.75, 3.05) is 28.4 Å². The lowest BCUT2D eigenvalue weighted by molar-refractivity contribution is -0.114. The summed E-state index contributed by atoms with van der Waals surface area (Å²) in [4.78, 5) is 121. The zero-order valence-electron chi connectivity index (χ0n) is 81.0. The summed E-state index contributed by atoms with van der Waals surface area (Å²) in [7, 11) is 10.2. The number of hydrogen-bond donors (Lipinski definition) is 4. The van der Waals surface area contributed by atoms with Crippen molar-refractivity contribution in [1.82, 2.24) is 22.8 Å². The highest BCUT2D eigenvalue weighted by atomic mass is 16.5. The van der Waals surface area contributed by atoms with Crippen molar-refractivity contribution < 1.29 is 47.7 Å². The minimum absolute atomic E-state index is 0.00513. The average Bonchev–Trinajstić information content (AvgIpc) is 0.769. The lowest BCUT2D eigenvalue weighted by atomic mass is 9.95. The zero-order chi connectivity index (χ0) is 101. The zero-order valence-corrected chi connectivity index (χ0v) is 81.0. The van der Waals surface area contributed by atoms with E-state index in [4.69, 9.17) is 23.7 Å². The van der Waals surface area contributed by atoms with Crippen molar-refractivity contribution in [2.45, 2.75) is 73.8 Å². The summed E-state index contributed by atoms with van der Waals surface area (Å²) >= 11 is 0. The van der Waals surface area contributed by atoms with Gasteiger partial charge in [-0.25, -0.2) is 0 Å². The summed E-state index contributed by atoms with van der Waals surface area (Å²) in [5, 5.41) is 15.4. The Labute approximate surface area is 817 Å². The van der Waals surface area contributed by atoms with E-state index >= 15 is 0 Å². The van der Waals surface area contributed by atoms with Crippen molar-refractivity contribution in [1.29, 1.82) is 0 Å². The van der Waals surface area contributed by atoms with E-state index < -0.39 is 0 Å². The van der Waals surface area contributed by atoms with Crippen LogP contribution >= 0.6 is 0 Å². The predicted octanol–water partition coefficient (Wildman–Crippen LogP) is 22.7. The van der Waals surface area contributed by atoms with E-state index in [0.717, 1.165) is 105 Å². The number of rotatable bonds is 27. The van der Waals surface area contributed by atoms with E-state index in [1.54, 1.807) is 133 Å². The second kappa shape index (κ2) is 47.1. The lowest BCUT2D eigenvalue weighted by Gasteiger charge is -2.17. The number of nitrogens with one attached hydrogen (secondary N) is 4. The van der Waals surface area contributed by atoms with Crippen molar-refractivity contribution in [3.05, 3.63) is 428 Å². The molecule has 0 aliphatic rings. The molecule has 0 aliphatic heterocycles. The number of fused-ring (bicyclic) bond motifs is 3. The van der Waals surface area contributed by atoms with E-state index in [1.165, 1.54) is 30.4 Å². The fraction of sp³-hybridized carbons (Fsp3) is 0.145. The lowest BCUT2D eigenvalue weighted by Crippen LogP contribution is -2.20. The first-order chi connectivity index (χ1) is 67.7. The minimum Gasteiger partial charge on any atom is -0.496 e. The van der Waals surface area contributed by atoms with Gasteiger partial charge in [-0.15, -0.1) is 0 Å². The highest BCUT2D eigenvalue weighted by Gasteiger charge is 2.23. The SMILES string of the molecule is C=CC(=O)Cc1cccc(Oc2ccc(C)cc2)c1-c1cc(CC)c(=O)n(C)c1.C=CC(=O)Nc1ccc(OC(C)C)c(-c2cc(CC)c(=O)n(C)c2)c1.C=CC(=O)Nc1ccc(OC)c(-c2cn(C)c(=O)c3ccccc23)c1.C=CC(=O)Nc1ccc(Oc2ccc(C)cc2)c(-c2cn(C)c(=O)c3ccccc23)c1.C=CC(=O)Nc1ccc(Oc2ccc(C)cc2)c(-c2cn(C)c(=O)c3ccccc23)c1. The van der Waals surface area contributed by atoms with Gasteiger partial charge in [-0.3, -0.25) is 47.9 Å². The molecule has 0 atom stereocenters. The number of allylic oxidation sites excluding steroid dienone is 1. The first kappa shape index (κ1) is 102. The molecule has 141 heavy (non-hydrogen) atoms. The second-order valence-corrected chi connectivity index (χ2v) is 33.4. The molecule has 24 heteroatoms. The smallest absolute Gasteiger partial charge is 0.258 e. The second-order valence-electron chi connectivity index (χ2n) is 33.4. The molecular formula is C117H111N9O15. The number of nitrogens with zero attached hydrogens (tertiary/aromatic N) is 5. The Morgan fingerprint density at radius 3 is 0.972 bits per heavy atom. The van der Waals surface area contributed by atoms with Crippen molar-refractivity contribution in [3.8, 4) is 102 Å². The molecule has 11 aromatic carbocycles. The van der Waals surface area contributed by atoms with E-state index in [-0.39, 0.29) is 69.7 Å². The molecule has 0 aliphatic carbocycles. The number of hydrogen-bond acceptors (Lipinski definition) is 15. The number of aryl methyl sites for hydroxylation is 10. The molecule has 0 fully saturated rings. The Morgan fingerprint density at radius 1 is 0.319 bits per heavy atom. The molecule has 0 unspecified atom stereocenters. The maximum atomic E-state index is 12.6. The van der Waals surface area contributed by atoms with Gasteiger partial charge in [0.15, 0.2) is 5.78 Å². The molecular weight excluding hydrogens is 1770 g/mol. The van der Waals surface area contributed by atoms with Crippen LogP contribution in [0.5, 0.6) is 46.0 Å². The molecule has 0 spiro atoms. The van der Waals surface area contributed by atoms with E-state index in [9.17, 15) is 47.9 Å². The Morgan fingerprint density at radius 2 is 0.631 bits per heavy atom. The standard InChI is InChI=1S/2C26H22N2O3.C25H25NO3.C20H18N2O3.C20H24N2O3/c2*1-4-25(29)27-18-11-14-24(31-19-12-9-17(2)10-13-19)22(15-18)23-16-28(3)26(30)21-8-6-5-7-20(21)23;1-5-18-14-20(16-26(4)25(18)28)24-19(15-21(27)6-2)8-7-9-23(24)29-22-12-10-17(3)11-13-22;1-4-19(23)21-13-9-10-18(25-3)16(11-13)17-12-22(2)20(24)15-8-6-5-7-14(15)17;1-6-14-10-15(12-22(5)20(14)24)17-11-16(21-19(23)7-2)8-9-18(17)25-13(3)4/h2*4-16H,1H2,2-3H3,(H,27,29);6-14,16H,2,5,15H2,1,3-4H3;4-12H,1H2,2-3H3,(H,21,23);7-13H,2,6H2,1,3-5H3,(H,21,23). The highest BCUT2D eigenvalue weighted by molar-refractivity contribution is 6.05. The summed E-state index contributed by atoms with van der Waals surface area (Å²) in [5.41, 5.74) is 16.1. The van der Waals surface area contributed by atoms with Crippen LogP contribution in [0.15, 0.2) is 367 Å². The third-order valence-electron chi connectivity index (χ3n) is 22.8. The maximum absolute atomic E-state index is 12.6. The molecule has 24 nitrogen and oxygen atoms in total. The van der Waals surface area contributed by atoms with Crippen LogP contribution in [0.25, 0.3) is 88.0 Å². The number of benzene rings is 11. The Kier molecular flexibility index (Phi) is 34.1. The van der Waals surface area contributed by atoms with Gasteiger partial charge in [0.25, 0.3) is 27.8 Å². The summed E-state index contributed by atoms with van der Waals surface area (Å²) in [5.74, 6) is 4.09. The first-order valence-electron chi connectivity index (χ1n) is 45.4. The molecule has 0 saturated carbocycles. The van der Waals surface area contributed by atoms with Gasteiger partial charge in [-0.05, 0) is 245 Å². The largest absolute Gasteiger partial charge is 0.496 e. The number of ketones is 1. The van der Waals surface area contributed by atoms with Crippen LogP contribution in [0.1, 0.15) is 61.1 Å². The normalized spacial score (nSPS) is 10.6. The molecule has 4 N–H and O–H groups in total. The van der Waals surface area contributed by atoms with Crippen LogP contribution in [0, 0.1) is 20.8 Å². The average molecular weight is 1880 g/mol. The Hall–Kier alpha value is -17.8. The fourth-order valence-corrected chi connectivity index (χ4v) is 15.6. The Bertz CT molecular complexity index is 7600. The number of carbonyl (C=O) groups excluding carboxylic acids is 5. The topological polar surface area (TPSA) is 290 Å². The summed E-state index contributed by atoms with van der Waals surface area (Å²) < 4.78 is 37.8. The van der Waals surface area contributed by atoms with Gasteiger partial charge in [0.1, 0.15) is 46.0 Å². The van der Waals surface area contributed by atoms with Crippen LogP contribution < -0.4 is 72.7 Å². The van der Waals surface area contributed by atoms with E-state index in [2.05, 4.69) is 54.2 Å². The fourth-order valence-electron chi connectivity index (χ4n) is 15.6. The number of amides is 4. The molecule has 5 heterocycles. The summed E-state index contributed by atoms with van der Waals surface area (Å²) in [6, 6.07) is 76.9. The predicted molar refractivity (Wildman–Crippen MR) is 567 cm³/mol. The van der Waals surface area contributed by atoms with Crippen LogP contribution in [0.3, 0.4) is 0 Å². The third kappa shape index (κ3) is 25.5. The number of methoxy groups -OCH3 is 1. The molecule has 714 valence electrons. The maximum Gasteiger partial charge on any atom is 0.258 e. The summed E-state index contributed by atoms with van der Waals surface area (Å²) in [6.45, 7) is 31.4. The van der Waals surface area contributed by atoms with Gasteiger partial charge in [-0.2, -0.15) is 0 Å². The molecule has 4 amide bonds. The summed E-state index contributed by atoms with van der Waals surface area (Å²) in [6.07, 6.45) is 16.6. The molecule has 0 bridgehead atoms. The first-order valence-corrected chi connectivity index (χ1v) is 45.4. The van der Waals surface area contributed by atoms with Crippen LogP contribution in [0.4, 0.5) is 22.7 Å². The molecule has 0 saturated heterocycles. The number of ether oxygens (including phenoxy) is 5. The van der Waals surface area contributed by atoms with Crippen LogP contribution in [-0.2, 0) is 78.5 Å². The van der Waals surface area contributed by atoms with Gasteiger partial charge >= 0.3 is 0 Å². The van der Waals surface area contributed by atoms with Crippen molar-refractivity contribution >= 4 is 84.5 Å². The quantitative estimate of drug-likeness (QED) is 0.0348. The number of anilines is 4. The van der Waals surface area contributed by atoms with Gasteiger partial charge < -0.3 is 67.8 Å². The van der Waals surface area contributed by atoms with Gasteiger partial charge in [0, 0.05) is 178 Å². The molecule has 16 aromatic rings. The van der Waals surface area contributed by atoms with Gasteiger partial charge in [0.2, 0.25) is 23.6 Å². The van der Waals surface area contributed by atoms with Crippen molar-refractivity contribution in [2.24, 2.45) is 35.2 Å². The minimum atomic E-state index is -0.302. The Balaban J connectivity index is 0.000000158. The third-order valence-corrected chi connectivity index (χ3v) is 22.8. The van der Waals surface area contributed by atoms with Gasteiger partial charge in [-0.1, -0.05) is 167 Å². The van der Waals surface area contributed by atoms with E-state index in [1.807, 2.05) is 261 Å². The monoisotopic (exact) mass is 1880 g/mol. The van der Waals surface area contributed by atoms with Crippen LogP contribution in [-0.4, -0.2) is 65.5 Å². The van der Waals surface area contributed by atoms with Gasteiger partial charge in [0.05, 0.1) is 13.2 Å². The number of aromatic nitrogens is 5. The molecule has 0 radical (unpaired) electrons. The molecule has 5 aromatic heterocycles. The van der Waals surface area contributed by atoms with Crippen molar-refractivity contribution in [3.63, 3.8) is 0 Å². The van der Waals surface area contributed by atoms with E-state index in [0.29, 0.717) is 97.7 Å². The molecule has 16 rings (SSSR count). The van der Waals surface area contributed by atoms with Crippen LogP contribution in [0.2, 0.25) is 0 Å². The number of pyridine rings is 5. The highest BCUT2D eigenvalue weighted by Crippen LogP contribution is 2.44. The number of carbonyl (C=O) groups is 5.